The van der Waals surface area contributed by atoms with Crippen molar-refractivity contribution in [2.24, 2.45) is 5.73 Å². The van der Waals surface area contributed by atoms with Crippen molar-refractivity contribution in [3.8, 4) is 16.3 Å². The molecule has 0 unspecified atom stereocenters. The molecule has 0 saturated carbocycles. The second kappa shape index (κ2) is 6.65. The van der Waals surface area contributed by atoms with E-state index in [0.29, 0.717) is 19.8 Å². The van der Waals surface area contributed by atoms with Crippen molar-refractivity contribution in [1.29, 1.82) is 0 Å². The van der Waals surface area contributed by atoms with Gasteiger partial charge in [-0.2, -0.15) is 0 Å². The molecular weight excluding hydrogens is 260 g/mol. The van der Waals surface area contributed by atoms with Gasteiger partial charge in [-0.3, -0.25) is 0 Å². The highest BCUT2D eigenvalue weighted by molar-refractivity contribution is 7.15. The molecule has 2 rings (SSSR count). The molecule has 0 amide bonds. The first-order valence-electron chi connectivity index (χ1n) is 6.19. The van der Waals surface area contributed by atoms with Crippen molar-refractivity contribution in [2.45, 2.75) is 20.1 Å². The van der Waals surface area contributed by atoms with Crippen molar-refractivity contribution in [3.63, 3.8) is 0 Å². The third-order valence-corrected chi connectivity index (χ3v) is 3.82. The number of nitrogens with two attached hydrogens (primary N) is 1. The monoisotopic (exact) mass is 278 g/mol. The number of rotatable bonds is 6. The lowest BCUT2D eigenvalue weighted by Crippen LogP contribution is -1.99. The van der Waals surface area contributed by atoms with Crippen LogP contribution in [-0.4, -0.2) is 18.7 Å². The number of hydrogen-bond acceptors (Lipinski definition) is 5. The number of para-hydroxylation sites is 1. The Morgan fingerprint density at radius 3 is 2.79 bits per heavy atom. The van der Waals surface area contributed by atoms with Crippen molar-refractivity contribution < 1.29 is 9.47 Å². The van der Waals surface area contributed by atoms with Crippen LogP contribution in [0.5, 0.6) is 5.75 Å². The Labute approximate surface area is 117 Å². The maximum atomic E-state index is 5.75. The number of nitrogens with zero attached hydrogens (tertiary/aromatic N) is 1. The van der Waals surface area contributed by atoms with Gasteiger partial charge in [0.1, 0.15) is 10.8 Å². The Balaban J connectivity index is 2.41. The number of hydrogen-bond donors (Lipinski definition) is 1. The van der Waals surface area contributed by atoms with Gasteiger partial charge < -0.3 is 15.2 Å². The lowest BCUT2D eigenvalue weighted by molar-refractivity contribution is 0.181. The summed E-state index contributed by atoms with van der Waals surface area (Å²) in [5, 5.41) is 0.927. The van der Waals surface area contributed by atoms with Crippen molar-refractivity contribution >= 4 is 11.3 Å². The maximum Gasteiger partial charge on any atom is 0.129 e. The lowest BCUT2D eigenvalue weighted by atomic mass is 10.2. The van der Waals surface area contributed by atoms with E-state index in [-0.39, 0.29) is 0 Å². The van der Waals surface area contributed by atoms with Gasteiger partial charge in [0.2, 0.25) is 0 Å². The van der Waals surface area contributed by atoms with Crippen LogP contribution in [0.3, 0.4) is 0 Å². The van der Waals surface area contributed by atoms with Gasteiger partial charge >= 0.3 is 0 Å². The molecule has 0 aliphatic heterocycles. The van der Waals surface area contributed by atoms with E-state index in [0.717, 1.165) is 26.9 Å². The fraction of sp³-hybridized carbons (Fsp3) is 0.357. The smallest absolute Gasteiger partial charge is 0.129 e. The van der Waals surface area contributed by atoms with E-state index in [9.17, 15) is 0 Å². The molecule has 2 aromatic rings. The Bertz CT molecular complexity index is 540. The second-order valence-electron chi connectivity index (χ2n) is 3.96. The third kappa shape index (κ3) is 3.12. The summed E-state index contributed by atoms with van der Waals surface area (Å²) in [5.41, 5.74) is 7.67. The summed E-state index contributed by atoms with van der Waals surface area (Å²) < 4.78 is 10.8. The predicted octanol–water partition coefficient (Wildman–Crippen LogP) is 2.81. The average molecular weight is 278 g/mol. The predicted molar refractivity (Wildman–Crippen MR) is 77.3 cm³/mol. The first-order valence-corrected chi connectivity index (χ1v) is 7.01. The van der Waals surface area contributed by atoms with Crippen LogP contribution in [0.15, 0.2) is 24.3 Å². The third-order valence-electron chi connectivity index (χ3n) is 2.66. The quantitative estimate of drug-likeness (QED) is 0.882. The minimum Gasteiger partial charge on any atom is -0.493 e. The summed E-state index contributed by atoms with van der Waals surface area (Å²) in [7, 11) is 1.66. The number of benzene rings is 1. The summed E-state index contributed by atoms with van der Waals surface area (Å²) in [4.78, 5) is 5.68. The van der Waals surface area contributed by atoms with Crippen molar-refractivity contribution in [2.75, 3.05) is 13.7 Å². The van der Waals surface area contributed by atoms with E-state index < -0.39 is 0 Å². The van der Waals surface area contributed by atoms with Crippen LogP contribution in [0.2, 0.25) is 0 Å². The molecule has 0 bridgehead atoms. The molecule has 0 saturated heterocycles. The SMILES string of the molecule is CCOc1ccccc1-c1nc(COC)c(CN)s1. The Hall–Kier alpha value is -1.43. The minimum atomic E-state index is 0.479. The highest BCUT2D eigenvalue weighted by atomic mass is 32.1. The Morgan fingerprint density at radius 2 is 2.11 bits per heavy atom. The first kappa shape index (κ1) is 14.0. The molecular formula is C14H18N2O2S. The van der Waals surface area contributed by atoms with Crippen molar-refractivity contribution in [1.82, 2.24) is 4.98 Å². The highest BCUT2D eigenvalue weighted by Gasteiger charge is 2.14. The van der Waals surface area contributed by atoms with Gasteiger partial charge in [0.05, 0.1) is 24.5 Å². The molecule has 0 spiro atoms. The maximum absolute atomic E-state index is 5.75. The highest BCUT2D eigenvalue weighted by Crippen LogP contribution is 2.34. The zero-order valence-electron chi connectivity index (χ0n) is 11.2. The summed E-state index contributed by atoms with van der Waals surface area (Å²) in [5.74, 6) is 0.853. The molecule has 0 aliphatic carbocycles. The molecule has 1 aromatic carbocycles. The molecule has 0 radical (unpaired) electrons. The number of methoxy groups -OCH3 is 1. The van der Waals surface area contributed by atoms with Gasteiger partial charge in [0.25, 0.3) is 0 Å². The zero-order valence-corrected chi connectivity index (χ0v) is 12.0. The molecule has 102 valence electrons. The van der Waals surface area contributed by atoms with Gasteiger partial charge in [0.15, 0.2) is 0 Å². The van der Waals surface area contributed by atoms with Crippen LogP contribution >= 0.6 is 11.3 Å². The van der Waals surface area contributed by atoms with E-state index >= 15 is 0 Å². The molecule has 5 heteroatoms. The standard InChI is InChI=1S/C14H18N2O2S/c1-3-18-12-7-5-4-6-10(12)14-16-11(9-17-2)13(8-15)19-14/h4-7H,3,8-9,15H2,1-2H3. The summed E-state index contributed by atoms with van der Waals surface area (Å²) in [6, 6.07) is 7.92. The van der Waals surface area contributed by atoms with Gasteiger partial charge in [-0.25, -0.2) is 4.98 Å². The van der Waals surface area contributed by atoms with Gasteiger partial charge in [-0.1, -0.05) is 12.1 Å². The minimum absolute atomic E-state index is 0.479. The summed E-state index contributed by atoms with van der Waals surface area (Å²) in [6.45, 7) is 3.57. The lowest BCUT2D eigenvalue weighted by Gasteiger charge is -2.07. The molecule has 1 heterocycles. The molecule has 2 N–H and O–H groups in total. The Kier molecular flexibility index (Phi) is 4.90. The molecule has 4 nitrogen and oxygen atoms in total. The second-order valence-corrected chi connectivity index (χ2v) is 5.04. The van der Waals surface area contributed by atoms with Gasteiger partial charge in [-0.15, -0.1) is 11.3 Å². The number of ether oxygens (including phenoxy) is 2. The summed E-state index contributed by atoms with van der Waals surface area (Å²) in [6.07, 6.45) is 0. The van der Waals surface area contributed by atoms with E-state index in [4.69, 9.17) is 15.2 Å². The molecule has 19 heavy (non-hydrogen) atoms. The van der Waals surface area contributed by atoms with Crippen LogP contribution in [0.1, 0.15) is 17.5 Å². The first-order chi connectivity index (χ1) is 9.30. The van der Waals surface area contributed by atoms with E-state index in [1.807, 2.05) is 31.2 Å². The van der Waals surface area contributed by atoms with Crippen LogP contribution in [0.4, 0.5) is 0 Å². The largest absolute Gasteiger partial charge is 0.493 e. The van der Waals surface area contributed by atoms with Crippen LogP contribution in [-0.2, 0) is 17.9 Å². The van der Waals surface area contributed by atoms with E-state index in [1.165, 1.54) is 0 Å². The summed E-state index contributed by atoms with van der Waals surface area (Å²) >= 11 is 1.60. The van der Waals surface area contributed by atoms with Crippen LogP contribution < -0.4 is 10.5 Å². The molecule has 0 aliphatic rings. The van der Waals surface area contributed by atoms with Gasteiger partial charge in [0, 0.05) is 18.5 Å². The number of aromatic nitrogens is 1. The van der Waals surface area contributed by atoms with Crippen LogP contribution in [0.25, 0.3) is 10.6 Å². The average Bonchev–Trinajstić information content (AvgIpc) is 2.83. The normalized spacial score (nSPS) is 10.7. The molecule has 0 fully saturated rings. The fourth-order valence-electron chi connectivity index (χ4n) is 1.83. The van der Waals surface area contributed by atoms with E-state index in [1.54, 1.807) is 18.4 Å². The Morgan fingerprint density at radius 1 is 1.32 bits per heavy atom. The molecule has 0 atom stereocenters. The van der Waals surface area contributed by atoms with Crippen molar-refractivity contribution in [3.05, 3.63) is 34.8 Å². The van der Waals surface area contributed by atoms with E-state index in [2.05, 4.69) is 4.98 Å². The topological polar surface area (TPSA) is 57.4 Å². The molecule has 1 aromatic heterocycles. The number of thiazole rings is 1. The fourth-order valence-corrected chi connectivity index (χ4v) is 2.81. The van der Waals surface area contributed by atoms with Gasteiger partial charge in [-0.05, 0) is 19.1 Å². The van der Waals surface area contributed by atoms with Crippen LogP contribution in [0, 0.1) is 0 Å². The zero-order chi connectivity index (χ0) is 13.7.